The Bertz CT molecular complexity index is 573. The Morgan fingerprint density at radius 2 is 2.10 bits per heavy atom. The van der Waals surface area contributed by atoms with Gasteiger partial charge in [0.15, 0.2) is 5.78 Å². The lowest BCUT2D eigenvalue weighted by atomic mass is 9.89. The predicted octanol–water partition coefficient (Wildman–Crippen LogP) is 0.738. The summed E-state index contributed by atoms with van der Waals surface area (Å²) in [4.78, 5) is 25.9. The van der Waals surface area contributed by atoms with Gasteiger partial charge < -0.3 is 15.5 Å². The average Bonchev–Trinajstić information content (AvgIpc) is 2.80. The van der Waals surface area contributed by atoms with Gasteiger partial charge in [-0.15, -0.1) is 0 Å². The largest absolute Gasteiger partial charge is 0.508 e. The summed E-state index contributed by atoms with van der Waals surface area (Å²) in [6.45, 7) is 3.20. The zero-order chi connectivity index (χ0) is 15.6. The molecule has 1 aromatic carbocycles. The number of carbonyl (C=O) groups excluding carboxylic acids is 2. The number of phenolic OH excluding ortho intramolecular Hbond substituents is 2. The zero-order valence-electron chi connectivity index (χ0n) is 12.2. The fourth-order valence-corrected chi connectivity index (χ4v) is 2.72. The lowest BCUT2D eigenvalue weighted by molar-refractivity contribution is -0.129. The summed E-state index contributed by atoms with van der Waals surface area (Å²) in [5, 5.41) is 21.6. The van der Waals surface area contributed by atoms with E-state index in [-0.39, 0.29) is 35.3 Å². The summed E-state index contributed by atoms with van der Waals surface area (Å²) in [7, 11) is 1.61. The van der Waals surface area contributed by atoms with Crippen molar-refractivity contribution >= 4 is 11.7 Å². The van der Waals surface area contributed by atoms with Crippen molar-refractivity contribution in [2.24, 2.45) is 5.41 Å². The molecule has 3 N–H and O–H groups in total. The smallest absolute Gasteiger partial charge is 0.227 e. The van der Waals surface area contributed by atoms with Crippen LogP contribution in [0.25, 0.3) is 0 Å². The molecule has 1 atom stereocenters. The SMILES string of the molecule is CNC(=O)C1(C)CCN(CC(=O)c2ccc(O)cc2O)C1. The molecule has 1 saturated heterocycles. The number of ketones is 1. The quantitative estimate of drug-likeness (QED) is 0.712. The van der Waals surface area contributed by atoms with Crippen LogP contribution < -0.4 is 5.32 Å². The second-order valence-electron chi connectivity index (χ2n) is 5.73. The van der Waals surface area contributed by atoms with E-state index in [4.69, 9.17) is 0 Å². The van der Waals surface area contributed by atoms with Gasteiger partial charge in [-0.1, -0.05) is 0 Å². The number of hydrogen-bond acceptors (Lipinski definition) is 5. The minimum Gasteiger partial charge on any atom is -0.508 e. The standard InChI is InChI=1S/C15H20N2O4/c1-15(14(21)16-2)5-6-17(9-15)8-13(20)11-4-3-10(18)7-12(11)19/h3-4,7,18-19H,5-6,8-9H2,1-2H3,(H,16,21). The van der Waals surface area contributed by atoms with Crippen molar-refractivity contribution < 1.29 is 19.8 Å². The first-order chi connectivity index (χ1) is 9.85. The number of benzene rings is 1. The number of amides is 1. The molecule has 6 heteroatoms. The summed E-state index contributed by atoms with van der Waals surface area (Å²) in [6.07, 6.45) is 0.696. The molecule has 1 fully saturated rings. The van der Waals surface area contributed by atoms with Gasteiger partial charge in [0.05, 0.1) is 17.5 Å². The van der Waals surface area contributed by atoms with Gasteiger partial charge in [-0.2, -0.15) is 0 Å². The van der Waals surface area contributed by atoms with E-state index in [1.54, 1.807) is 7.05 Å². The molecule has 0 saturated carbocycles. The molecule has 6 nitrogen and oxygen atoms in total. The maximum absolute atomic E-state index is 12.2. The molecular weight excluding hydrogens is 272 g/mol. The number of phenols is 2. The van der Waals surface area contributed by atoms with Gasteiger partial charge in [-0.25, -0.2) is 0 Å². The highest BCUT2D eigenvalue weighted by molar-refractivity contribution is 6.00. The van der Waals surface area contributed by atoms with Crippen LogP contribution in [0.2, 0.25) is 0 Å². The molecule has 1 aromatic rings. The molecule has 0 spiro atoms. The number of rotatable bonds is 4. The molecule has 1 aliphatic rings. The maximum atomic E-state index is 12.2. The molecule has 0 radical (unpaired) electrons. The number of nitrogens with one attached hydrogen (secondary N) is 1. The molecule has 1 unspecified atom stereocenters. The van der Waals surface area contributed by atoms with Crippen molar-refractivity contribution in [1.82, 2.24) is 10.2 Å². The Kier molecular flexibility index (Phi) is 4.18. The second-order valence-corrected chi connectivity index (χ2v) is 5.73. The molecular formula is C15H20N2O4. The minimum atomic E-state index is -0.480. The van der Waals surface area contributed by atoms with Gasteiger partial charge in [-0.3, -0.25) is 14.5 Å². The van der Waals surface area contributed by atoms with Gasteiger partial charge in [-0.05, 0) is 32.0 Å². The van der Waals surface area contributed by atoms with Gasteiger partial charge in [0, 0.05) is 19.7 Å². The molecule has 0 aromatic heterocycles. The summed E-state index contributed by atoms with van der Waals surface area (Å²) >= 11 is 0. The van der Waals surface area contributed by atoms with Crippen LogP contribution in [0.5, 0.6) is 11.5 Å². The number of Topliss-reactive ketones (excluding diaryl/α,β-unsaturated/α-hetero) is 1. The van der Waals surface area contributed by atoms with Crippen LogP contribution in [0, 0.1) is 5.41 Å². The normalized spacial score (nSPS) is 22.2. The van der Waals surface area contributed by atoms with E-state index in [0.717, 1.165) is 6.07 Å². The third-order valence-electron chi connectivity index (χ3n) is 3.98. The molecule has 114 valence electrons. The number of aromatic hydroxyl groups is 2. The zero-order valence-corrected chi connectivity index (χ0v) is 12.2. The molecule has 0 bridgehead atoms. The monoisotopic (exact) mass is 292 g/mol. The van der Waals surface area contributed by atoms with E-state index in [1.807, 2.05) is 11.8 Å². The van der Waals surface area contributed by atoms with Crippen molar-refractivity contribution in [3.8, 4) is 11.5 Å². The highest BCUT2D eigenvalue weighted by Crippen LogP contribution is 2.30. The number of nitrogens with zero attached hydrogens (tertiary/aromatic N) is 1. The lowest BCUT2D eigenvalue weighted by Crippen LogP contribution is -2.40. The minimum absolute atomic E-state index is 0.0232. The van der Waals surface area contributed by atoms with Crippen molar-refractivity contribution in [3.05, 3.63) is 23.8 Å². The van der Waals surface area contributed by atoms with E-state index in [1.165, 1.54) is 12.1 Å². The fraction of sp³-hybridized carbons (Fsp3) is 0.467. The van der Waals surface area contributed by atoms with Crippen LogP contribution in [0.3, 0.4) is 0 Å². The first-order valence-corrected chi connectivity index (χ1v) is 6.85. The van der Waals surface area contributed by atoms with Crippen LogP contribution in [-0.4, -0.2) is 53.5 Å². The molecule has 1 heterocycles. The van der Waals surface area contributed by atoms with Crippen molar-refractivity contribution in [2.45, 2.75) is 13.3 Å². The Balaban J connectivity index is 2.03. The first-order valence-electron chi connectivity index (χ1n) is 6.85. The van der Waals surface area contributed by atoms with Crippen LogP contribution in [-0.2, 0) is 4.79 Å². The number of likely N-dealkylation sites (tertiary alicyclic amines) is 1. The lowest BCUT2D eigenvalue weighted by Gasteiger charge is -2.22. The number of hydrogen-bond donors (Lipinski definition) is 3. The molecule has 1 aliphatic heterocycles. The maximum Gasteiger partial charge on any atom is 0.227 e. The van der Waals surface area contributed by atoms with Crippen LogP contribution in [0.1, 0.15) is 23.7 Å². The molecule has 0 aliphatic carbocycles. The van der Waals surface area contributed by atoms with Crippen LogP contribution in [0.15, 0.2) is 18.2 Å². The van der Waals surface area contributed by atoms with E-state index in [0.29, 0.717) is 19.5 Å². The predicted molar refractivity (Wildman–Crippen MR) is 77.3 cm³/mol. The Morgan fingerprint density at radius 3 is 2.71 bits per heavy atom. The number of carbonyl (C=O) groups is 2. The van der Waals surface area contributed by atoms with Crippen molar-refractivity contribution in [1.29, 1.82) is 0 Å². The summed E-state index contributed by atoms with van der Waals surface area (Å²) in [5.41, 5.74) is -0.298. The van der Waals surface area contributed by atoms with Crippen molar-refractivity contribution in [2.75, 3.05) is 26.7 Å². The molecule has 2 rings (SSSR count). The topological polar surface area (TPSA) is 89.9 Å². The molecule has 21 heavy (non-hydrogen) atoms. The Hall–Kier alpha value is -2.08. The summed E-state index contributed by atoms with van der Waals surface area (Å²) in [5.74, 6) is -0.565. The third kappa shape index (κ3) is 3.16. The third-order valence-corrected chi connectivity index (χ3v) is 3.98. The van der Waals surface area contributed by atoms with E-state index in [2.05, 4.69) is 5.32 Å². The fourth-order valence-electron chi connectivity index (χ4n) is 2.72. The first kappa shape index (κ1) is 15.3. The Morgan fingerprint density at radius 1 is 1.38 bits per heavy atom. The van der Waals surface area contributed by atoms with Gasteiger partial charge in [0.2, 0.25) is 5.91 Å². The van der Waals surface area contributed by atoms with Crippen molar-refractivity contribution in [3.63, 3.8) is 0 Å². The van der Waals surface area contributed by atoms with E-state index < -0.39 is 5.41 Å². The van der Waals surface area contributed by atoms with Gasteiger partial charge >= 0.3 is 0 Å². The van der Waals surface area contributed by atoms with Crippen LogP contribution in [0.4, 0.5) is 0 Å². The highest BCUT2D eigenvalue weighted by Gasteiger charge is 2.40. The second kappa shape index (κ2) is 5.73. The molecule has 1 amide bonds. The average molecular weight is 292 g/mol. The van der Waals surface area contributed by atoms with E-state index >= 15 is 0 Å². The highest BCUT2D eigenvalue weighted by atomic mass is 16.3. The van der Waals surface area contributed by atoms with Crippen LogP contribution >= 0.6 is 0 Å². The van der Waals surface area contributed by atoms with Gasteiger partial charge in [0.1, 0.15) is 11.5 Å². The Labute approximate surface area is 123 Å². The summed E-state index contributed by atoms with van der Waals surface area (Å²) in [6, 6.07) is 3.92. The summed E-state index contributed by atoms with van der Waals surface area (Å²) < 4.78 is 0. The van der Waals surface area contributed by atoms with E-state index in [9.17, 15) is 19.8 Å². The van der Waals surface area contributed by atoms with Gasteiger partial charge in [0.25, 0.3) is 0 Å².